The molecule has 0 fully saturated rings. The molecule has 0 aliphatic rings. The Morgan fingerprint density at radius 2 is 0.721 bits per heavy atom. The van der Waals surface area contributed by atoms with Crippen LogP contribution in [-0.2, 0) is 0 Å². The smallest absolute Gasteiger partial charge is 0.164 e. The van der Waals surface area contributed by atoms with Crippen LogP contribution in [0, 0.1) is 0 Å². The fraction of sp³-hybridized carbons (Fsp3) is 0. The molecule has 0 aliphatic heterocycles. The highest BCUT2D eigenvalue weighted by atomic mass is 15.0. The van der Waals surface area contributed by atoms with Crippen LogP contribution in [0.25, 0.3) is 116 Å². The number of aromatic nitrogens is 4. The Balaban J connectivity index is 1.06. The maximum Gasteiger partial charge on any atom is 0.164 e. The Hall–Kier alpha value is -8.21. The van der Waals surface area contributed by atoms with E-state index in [4.69, 9.17) is 15.0 Å². The van der Waals surface area contributed by atoms with Crippen LogP contribution in [0.15, 0.2) is 218 Å². The van der Waals surface area contributed by atoms with Crippen molar-refractivity contribution in [1.29, 1.82) is 0 Å². The molecule has 2 aromatic heterocycles. The molecule has 284 valence electrons. The fourth-order valence-corrected chi connectivity index (χ4v) is 9.20. The van der Waals surface area contributed by atoms with Crippen LogP contribution < -0.4 is 0 Å². The van der Waals surface area contributed by atoms with Crippen molar-refractivity contribution < 1.29 is 0 Å². The van der Waals surface area contributed by atoms with Crippen molar-refractivity contribution in [2.45, 2.75) is 0 Å². The van der Waals surface area contributed by atoms with Gasteiger partial charge in [-0.25, -0.2) is 15.0 Å². The van der Waals surface area contributed by atoms with Crippen LogP contribution in [0.5, 0.6) is 0 Å². The zero-order valence-electron chi connectivity index (χ0n) is 33.1. The van der Waals surface area contributed by atoms with Crippen molar-refractivity contribution in [1.82, 2.24) is 19.5 Å². The van der Waals surface area contributed by atoms with Crippen LogP contribution in [0.3, 0.4) is 0 Å². The Morgan fingerprint density at radius 3 is 1.34 bits per heavy atom. The Bertz CT molecular complexity index is 3540. The van der Waals surface area contributed by atoms with E-state index >= 15 is 0 Å². The zero-order valence-corrected chi connectivity index (χ0v) is 33.1. The van der Waals surface area contributed by atoms with Gasteiger partial charge in [0.25, 0.3) is 0 Å². The van der Waals surface area contributed by atoms with E-state index in [0.717, 1.165) is 44.5 Å². The average Bonchev–Trinajstić information content (AvgIpc) is 3.68. The van der Waals surface area contributed by atoms with Gasteiger partial charge in [-0.2, -0.15) is 0 Å². The maximum absolute atomic E-state index is 5.07. The first-order valence-electron chi connectivity index (χ1n) is 20.7. The molecule has 0 radical (unpaired) electrons. The van der Waals surface area contributed by atoms with Crippen molar-refractivity contribution in [2.24, 2.45) is 0 Å². The van der Waals surface area contributed by atoms with Gasteiger partial charge in [0, 0.05) is 33.2 Å². The van der Waals surface area contributed by atoms with Gasteiger partial charge in [-0.1, -0.05) is 176 Å². The molecule has 10 aromatic carbocycles. The lowest BCUT2D eigenvalue weighted by atomic mass is 9.91. The average molecular weight is 777 g/mol. The molecule has 2 heterocycles. The number of rotatable bonds is 6. The Kier molecular flexibility index (Phi) is 8.13. The molecule has 0 saturated heterocycles. The van der Waals surface area contributed by atoms with Gasteiger partial charge in [0.1, 0.15) is 0 Å². The fourth-order valence-electron chi connectivity index (χ4n) is 9.20. The number of benzene rings is 10. The van der Waals surface area contributed by atoms with E-state index in [-0.39, 0.29) is 0 Å². The Morgan fingerprint density at radius 1 is 0.262 bits per heavy atom. The van der Waals surface area contributed by atoms with E-state index in [1.165, 1.54) is 54.2 Å². The van der Waals surface area contributed by atoms with Gasteiger partial charge in [-0.15, -0.1) is 0 Å². The van der Waals surface area contributed by atoms with Gasteiger partial charge in [0.2, 0.25) is 0 Å². The minimum absolute atomic E-state index is 0.632. The number of hydrogen-bond donors (Lipinski definition) is 0. The number of hydrogen-bond acceptors (Lipinski definition) is 3. The first-order valence-corrected chi connectivity index (χ1v) is 20.7. The lowest BCUT2D eigenvalue weighted by Crippen LogP contribution is -2.00. The van der Waals surface area contributed by atoms with E-state index in [2.05, 4.69) is 162 Å². The maximum atomic E-state index is 5.07. The molecule has 0 amide bonds. The van der Waals surface area contributed by atoms with E-state index in [1.807, 2.05) is 60.7 Å². The van der Waals surface area contributed by atoms with Crippen molar-refractivity contribution in [3.05, 3.63) is 218 Å². The monoisotopic (exact) mass is 776 g/mol. The van der Waals surface area contributed by atoms with Gasteiger partial charge in [-0.05, 0) is 97.0 Å². The van der Waals surface area contributed by atoms with Crippen molar-refractivity contribution >= 4 is 54.1 Å². The first-order chi connectivity index (χ1) is 30.2. The molecule has 61 heavy (non-hydrogen) atoms. The highest BCUT2D eigenvalue weighted by Gasteiger charge is 2.19. The second-order valence-electron chi connectivity index (χ2n) is 15.6. The molecule has 12 rings (SSSR count). The lowest BCUT2D eigenvalue weighted by molar-refractivity contribution is 1.07. The number of nitrogens with zero attached hydrogens (tertiary/aromatic N) is 4. The summed E-state index contributed by atoms with van der Waals surface area (Å²) in [5.74, 6) is 1.92. The van der Waals surface area contributed by atoms with Crippen LogP contribution in [0.2, 0.25) is 0 Å². The minimum Gasteiger partial charge on any atom is -0.309 e. The van der Waals surface area contributed by atoms with Crippen LogP contribution in [0.1, 0.15) is 0 Å². The van der Waals surface area contributed by atoms with Gasteiger partial charge in [0.05, 0.1) is 11.0 Å². The van der Waals surface area contributed by atoms with Crippen LogP contribution >= 0.6 is 0 Å². The number of para-hydroxylation sites is 1. The summed E-state index contributed by atoms with van der Waals surface area (Å²) in [6, 6.07) is 77.7. The molecular formula is C57H36N4. The topological polar surface area (TPSA) is 43.6 Å². The molecular weight excluding hydrogens is 741 g/mol. The summed E-state index contributed by atoms with van der Waals surface area (Å²) < 4.78 is 2.39. The molecule has 0 spiro atoms. The molecule has 12 aromatic rings. The van der Waals surface area contributed by atoms with E-state index in [9.17, 15) is 0 Å². The molecule has 4 nitrogen and oxygen atoms in total. The molecule has 0 aliphatic carbocycles. The highest BCUT2D eigenvalue weighted by Crippen LogP contribution is 2.42. The molecule has 0 saturated carbocycles. The highest BCUT2D eigenvalue weighted by molar-refractivity contribution is 6.26. The number of fused-ring (bicyclic) bond motifs is 9. The van der Waals surface area contributed by atoms with Crippen molar-refractivity contribution in [3.63, 3.8) is 0 Å². The van der Waals surface area contributed by atoms with E-state index in [1.54, 1.807) is 0 Å². The standard InChI is InChI=1S/C57H36N4/c1-4-16-37(17-5-1)55-58-56(38-18-6-2-7-19-38)60-57(59-55)42-21-14-20-41(34-42)44-28-15-29-53-54(44)51-36-40(31-33-52(51)61(53)43-22-8-3-9-23-43)39-30-32-49-47-26-11-10-24-45(47)46-25-12-13-27-48(46)50(49)35-39/h1-36H. The second-order valence-corrected chi connectivity index (χ2v) is 15.6. The predicted molar refractivity (Wildman–Crippen MR) is 254 cm³/mol. The summed E-state index contributed by atoms with van der Waals surface area (Å²) in [6.07, 6.45) is 0. The lowest BCUT2D eigenvalue weighted by Gasteiger charge is -2.12. The third-order valence-corrected chi connectivity index (χ3v) is 12.0. The van der Waals surface area contributed by atoms with Gasteiger partial charge in [0.15, 0.2) is 17.5 Å². The van der Waals surface area contributed by atoms with Gasteiger partial charge >= 0.3 is 0 Å². The molecule has 0 N–H and O–H groups in total. The summed E-state index contributed by atoms with van der Waals surface area (Å²) in [5.41, 5.74) is 10.8. The van der Waals surface area contributed by atoms with Crippen molar-refractivity contribution in [2.75, 3.05) is 0 Å². The molecule has 0 atom stereocenters. The minimum atomic E-state index is 0.632. The van der Waals surface area contributed by atoms with Crippen LogP contribution in [0.4, 0.5) is 0 Å². The van der Waals surface area contributed by atoms with E-state index < -0.39 is 0 Å². The summed E-state index contributed by atoms with van der Waals surface area (Å²) in [7, 11) is 0. The predicted octanol–water partition coefficient (Wildman–Crippen LogP) is 14.8. The van der Waals surface area contributed by atoms with Crippen molar-refractivity contribution in [3.8, 4) is 62.1 Å². The van der Waals surface area contributed by atoms with E-state index in [0.29, 0.717) is 17.5 Å². The third kappa shape index (κ3) is 5.88. The quantitative estimate of drug-likeness (QED) is 0.158. The third-order valence-electron chi connectivity index (χ3n) is 12.0. The largest absolute Gasteiger partial charge is 0.309 e. The first kappa shape index (κ1) is 34.8. The molecule has 0 unspecified atom stereocenters. The molecule has 4 heteroatoms. The van der Waals surface area contributed by atoms with Crippen LogP contribution in [-0.4, -0.2) is 19.5 Å². The summed E-state index contributed by atoms with van der Waals surface area (Å²) in [5, 5.41) is 10.0. The SMILES string of the molecule is c1ccc(-c2nc(-c3ccccc3)nc(-c3cccc(-c4cccc5c4c4cc(-c6ccc7c8ccccc8c8ccccc8c7c6)ccc4n5-c4ccccc4)c3)n2)cc1. The zero-order chi connectivity index (χ0) is 40.3. The molecule has 0 bridgehead atoms. The summed E-state index contributed by atoms with van der Waals surface area (Å²) in [6.45, 7) is 0. The van der Waals surface area contributed by atoms with Gasteiger partial charge in [-0.3, -0.25) is 0 Å². The Labute approximate surface area is 352 Å². The summed E-state index contributed by atoms with van der Waals surface area (Å²) >= 11 is 0. The van der Waals surface area contributed by atoms with Gasteiger partial charge < -0.3 is 4.57 Å². The second kappa shape index (κ2) is 14.3. The summed E-state index contributed by atoms with van der Waals surface area (Å²) in [4.78, 5) is 15.1. The normalized spacial score (nSPS) is 11.6.